The van der Waals surface area contributed by atoms with E-state index in [2.05, 4.69) is 22.2 Å². The molecule has 1 aromatic rings. The van der Waals surface area contributed by atoms with Crippen molar-refractivity contribution in [2.24, 2.45) is 0 Å². The molecule has 0 saturated carbocycles. The molecule has 1 N–H and O–H groups in total. The Kier molecular flexibility index (Phi) is 5.17. The first kappa shape index (κ1) is 16.3. The van der Waals surface area contributed by atoms with Gasteiger partial charge in [0.25, 0.3) is 0 Å². The monoisotopic (exact) mass is 321 g/mol. The first-order chi connectivity index (χ1) is 11.2. The highest BCUT2D eigenvalue weighted by molar-refractivity contribution is 5.89. The fraction of sp³-hybridized carbons (Fsp3) is 0.750. The molecule has 0 radical (unpaired) electrons. The van der Waals surface area contributed by atoms with E-state index >= 15 is 0 Å². The van der Waals surface area contributed by atoms with E-state index < -0.39 is 0 Å². The number of amides is 2. The van der Waals surface area contributed by atoms with E-state index in [-0.39, 0.29) is 6.03 Å². The second-order valence-corrected chi connectivity index (χ2v) is 6.41. The van der Waals surface area contributed by atoms with Gasteiger partial charge in [-0.1, -0.05) is 0 Å². The predicted octanol–water partition coefficient (Wildman–Crippen LogP) is 1.62. The molecule has 3 heterocycles. The van der Waals surface area contributed by atoms with Crippen molar-refractivity contribution in [3.63, 3.8) is 0 Å². The topological polar surface area (TPSA) is 62.6 Å². The van der Waals surface area contributed by atoms with Gasteiger partial charge in [-0.2, -0.15) is 5.10 Å². The Bertz CT molecular complexity index is 524. The van der Waals surface area contributed by atoms with Gasteiger partial charge in [0.15, 0.2) is 0 Å². The number of likely N-dealkylation sites (tertiary alicyclic amines) is 1. The number of aromatic nitrogens is 2. The number of anilines is 1. The van der Waals surface area contributed by atoms with Gasteiger partial charge in [0.1, 0.15) is 0 Å². The normalized spacial score (nSPS) is 23.9. The molecule has 1 atom stereocenters. The van der Waals surface area contributed by atoms with Crippen LogP contribution in [0.3, 0.4) is 0 Å². The number of carbonyl (C=O) groups excluding carboxylic acids is 1. The van der Waals surface area contributed by atoms with Crippen LogP contribution in [0.4, 0.5) is 10.5 Å². The van der Waals surface area contributed by atoms with E-state index in [1.165, 1.54) is 0 Å². The molecule has 0 aromatic carbocycles. The molecule has 2 aliphatic heterocycles. The quantitative estimate of drug-likeness (QED) is 0.919. The molecular formula is C16H27N5O2. The number of piperidine rings is 1. The van der Waals surface area contributed by atoms with Crippen molar-refractivity contribution in [3.05, 3.63) is 12.4 Å². The van der Waals surface area contributed by atoms with Gasteiger partial charge in [0.2, 0.25) is 0 Å². The number of aryl methyl sites for hydroxylation is 1. The standard InChI is InChI=1S/C16H27N5O2/c1-3-21-12-14(10-17-21)18-16(22)19-6-4-15(5-7-19)20-8-9-23-13(2)11-20/h10,12-13,15H,3-9,11H2,1-2H3,(H,18,22)/t13-/m1/s1. The molecule has 2 amide bonds. The molecule has 128 valence electrons. The van der Waals surface area contributed by atoms with E-state index in [1.54, 1.807) is 10.9 Å². The summed E-state index contributed by atoms with van der Waals surface area (Å²) in [5.74, 6) is 0. The van der Waals surface area contributed by atoms with E-state index in [0.29, 0.717) is 12.1 Å². The molecule has 2 fully saturated rings. The maximum absolute atomic E-state index is 12.3. The van der Waals surface area contributed by atoms with E-state index in [9.17, 15) is 4.79 Å². The number of hydrogen-bond acceptors (Lipinski definition) is 4. The molecule has 2 aliphatic rings. The second-order valence-electron chi connectivity index (χ2n) is 6.41. The summed E-state index contributed by atoms with van der Waals surface area (Å²) in [4.78, 5) is 16.8. The highest BCUT2D eigenvalue weighted by Gasteiger charge is 2.29. The minimum absolute atomic E-state index is 0.0190. The summed E-state index contributed by atoms with van der Waals surface area (Å²) in [7, 11) is 0. The van der Waals surface area contributed by atoms with Crippen molar-refractivity contribution in [2.75, 3.05) is 38.1 Å². The van der Waals surface area contributed by atoms with Gasteiger partial charge >= 0.3 is 6.03 Å². The second kappa shape index (κ2) is 7.31. The van der Waals surface area contributed by atoms with Crippen LogP contribution >= 0.6 is 0 Å². The summed E-state index contributed by atoms with van der Waals surface area (Å²) in [6.07, 6.45) is 5.95. The van der Waals surface area contributed by atoms with Gasteiger partial charge in [-0.25, -0.2) is 4.79 Å². The van der Waals surface area contributed by atoms with Crippen LogP contribution in [0.15, 0.2) is 12.4 Å². The molecule has 23 heavy (non-hydrogen) atoms. The number of urea groups is 1. The fourth-order valence-electron chi connectivity index (χ4n) is 3.41. The first-order valence-corrected chi connectivity index (χ1v) is 8.59. The predicted molar refractivity (Wildman–Crippen MR) is 88.5 cm³/mol. The highest BCUT2D eigenvalue weighted by Crippen LogP contribution is 2.20. The van der Waals surface area contributed by atoms with Crippen molar-refractivity contribution in [1.82, 2.24) is 19.6 Å². The number of nitrogens with one attached hydrogen (secondary N) is 1. The minimum atomic E-state index is -0.0190. The molecule has 3 rings (SSSR count). The number of hydrogen-bond donors (Lipinski definition) is 1. The summed E-state index contributed by atoms with van der Waals surface area (Å²) in [6, 6.07) is 0.558. The molecule has 0 aliphatic carbocycles. The Morgan fingerprint density at radius 1 is 1.39 bits per heavy atom. The van der Waals surface area contributed by atoms with Crippen molar-refractivity contribution in [3.8, 4) is 0 Å². The molecule has 0 unspecified atom stereocenters. The third-order valence-corrected chi connectivity index (χ3v) is 4.75. The molecule has 1 aromatic heterocycles. The Morgan fingerprint density at radius 3 is 2.83 bits per heavy atom. The lowest BCUT2D eigenvalue weighted by molar-refractivity contribution is -0.0415. The van der Waals surface area contributed by atoms with Crippen molar-refractivity contribution in [2.45, 2.75) is 45.4 Å². The lowest BCUT2D eigenvalue weighted by atomic mass is 10.0. The van der Waals surface area contributed by atoms with Crippen LogP contribution in [0.25, 0.3) is 0 Å². The zero-order chi connectivity index (χ0) is 16.2. The largest absolute Gasteiger partial charge is 0.376 e. The molecule has 2 saturated heterocycles. The Labute approximate surface area is 137 Å². The smallest absolute Gasteiger partial charge is 0.321 e. The lowest BCUT2D eigenvalue weighted by Gasteiger charge is -2.41. The van der Waals surface area contributed by atoms with Crippen LogP contribution in [-0.4, -0.2) is 70.5 Å². The van der Waals surface area contributed by atoms with Crippen molar-refractivity contribution < 1.29 is 9.53 Å². The fourth-order valence-corrected chi connectivity index (χ4v) is 3.41. The lowest BCUT2D eigenvalue weighted by Crippen LogP contribution is -2.52. The van der Waals surface area contributed by atoms with Gasteiger partial charge in [0.05, 0.1) is 24.6 Å². The summed E-state index contributed by atoms with van der Waals surface area (Å²) in [6.45, 7) is 9.42. The van der Waals surface area contributed by atoms with Crippen LogP contribution in [-0.2, 0) is 11.3 Å². The summed E-state index contributed by atoms with van der Waals surface area (Å²) < 4.78 is 7.42. The third kappa shape index (κ3) is 4.03. The summed E-state index contributed by atoms with van der Waals surface area (Å²) in [5.41, 5.74) is 0.765. The van der Waals surface area contributed by atoms with Gasteiger partial charge < -0.3 is 15.0 Å². The van der Waals surface area contributed by atoms with E-state index in [1.807, 2.05) is 18.0 Å². The van der Waals surface area contributed by atoms with Gasteiger partial charge in [0, 0.05) is 45.0 Å². The number of rotatable bonds is 3. The summed E-state index contributed by atoms with van der Waals surface area (Å²) in [5, 5.41) is 7.12. The van der Waals surface area contributed by atoms with Crippen LogP contribution < -0.4 is 5.32 Å². The van der Waals surface area contributed by atoms with Crippen molar-refractivity contribution >= 4 is 11.7 Å². The van der Waals surface area contributed by atoms with E-state index in [4.69, 9.17) is 4.74 Å². The number of ether oxygens (including phenoxy) is 1. The maximum Gasteiger partial charge on any atom is 0.321 e. The SMILES string of the molecule is CCn1cc(NC(=O)N2CCC(N3CCO[C@H](C)C3)CC2)cn1. The average molecular weight is 321 g/mol. The minimum Gasteiger partial charge on any atom is -0.376 e. The Morgan fingerprint density at radius 2 is 2.17 bits per heavy atom. The van der Waals surface area contributed by atoms with Crippen LogP contribution in [0.1, 0.15) is 26.7 Å². The number of nitrogens with zero attached hydrogens (tertiary/aromatic N) is 4. The molecular weight excluding hydrogens is 294 g/mol. The summed E-state index contributed by atoms with van der Waals surface area (Å²) >= 11 is 0. The van der Waals surface area contributed by atoms with Gasteiger partial charge in [-0.3, -0.25) is 9.58 Å². The molecule has 7 nitrogen and oxygen atoms in total. The number of morpholine rings is 1. The van der Waals surface area contributed by atoms with Crippen molar-refractivity contribution in [1.29, 1.82) is 0 Å². The van der Waals surface area contributed by atoms with E-state index in [0.717, 1.165) is 57.9 Å². The molecule has 7 heteroatoms. The Hall–Kier alpha value is -1.60. The number of carbonyl (C=O) groups is 1. The van der Waals surface area contributed by atoms with Crippen LogP contribution in [0, 0.1) is 0 Å². The van der Waals surface area contributed by atoms with Crippen LogP contribution in [0.2, 0.25) is 0 Å². The molecule has 0 spiro atoms. The van der Waals surface area contributed by atoms with Crippen LogP contribution in [0.5, 0.6) is 0 Å². The average Bonchev–Trinajstić information content (AvgIpc) is 3.02. The van der Waals surface area contributed by atoms with Gasteiger partial charge in [-0.05, 0) is 26.7 Å². The first-order valence-electron chi connectivity index (χ1n) is 8.59. The van der Waals surface area contributed by atoms with Gasteiger partial charge in [-0.15, -0.1) is 0 Å². The highest BCUT2D eigenvalue weighted by atomic mass is 16.5. The maximum atomic E-state index is 12.3. The zero-order valence-electron chi connectivity index (χ0n) is 14.1. The Balaban J connectivity index is 1.47. The molecule has 0 bridgehead atoms. The third-order valence-electron chi connectivity index (χ3n) is 4.75. The zero-order valence-corrected chi connectivity index (χ0v) is 14.1.